The van der Waals surface area contributed by atoms with Crippen LogP contribution in [0, 0.1) is 0 Å². The maximum Gasteiger partial charge on any atom is 0.315 e. The summed E-state index contributed by atoms with van der Waals surface area (Å²) in [5.41, 5.74) is 3.42. The highest BCUT2D eigenvalue weighted by atomic mass is 35.5. The quantitative estimate of drug-likeness (QED) is 0.603. The predicted octanol–water partition coefficient (Wildman–Crippen LogP) is 4.30. The standard InChI is InChI=1S/C24H33ClN6O/c1-31(2)22-19-8-4-6-10-21(19)29-23(30-22)27-17-11-13-18(14-12-17)28-24(32)26-15-16-7-3-5-9-20(16)25/h3,5,7,9,17-18H,4,6,8,10-15H2,1-2H3,(H2,26,28,32)(H,27,29,30)/t17-,18+. The van der Waals surface area contributed by atoms with Gasteiger partial charge in [-0.25, -0.2) is 9.78 Å². The van der Waals surface area contributed by atoms with Crippen LogP contribution in [0.2, 0.25) is 5.02 Å². The molecule has 1 fully saturated rings. The van der Waals surface area contributed by atoms with Crippen molar-refractivity contribution in [2.24, 2.45) is 0 Å². The molecule has 1 heterocycles. The molecule has 3 N–H and O–H groups in total. The van der Waals surface area contributed by atoms with E-state index in [0.717, 1.165) is 55.9 Å². The maximum atomic E-state index is 12.3. The third kappa shape index (κ3) is 5.63. The molecule has 0 aliphatic heterocycles. The van der Waals surface area contributed by atoms with Crippen LogP contribution in [0.1, 0.15) is 55.3 Å². The number of hydrogen-bond acceptors (Lipinski definition) is 5. The molecule has 7 nitrogen and oxygen atoms in total. The molecule has 2 aromatic rings. The minimum Gasteiger partial charge on any atom is -0.362 e. The van der Waals surface area contributed by atoms with Crippen molar-refractivity contribution in [1.29, 1.82) is 0 Å². The summed E-state index contributed by atoms with van der Waals surface area (Å²) in [6.07, 6.45) is 8.34. The minimum atomic E-state index is -0.144. The minimum absolute atomic E-state index is 0.144. The molecule has 4 rings (SSSR count). The Hall–Kier alpha value is -2.54. The van der Waals surface area contributed by atoms with E-state index in [-0.39, 0.29) is 12.1 Å². The smallest absolute Gasteiger partial charge is 0.315 e. The van der Waals surface area contributed by atoms with Crippen molar-refractivity contribution in [2.45, 2.75) is 70.0 Å². The molecule has 0 unspecified atom stereocenters. The van der Waals surface area contributed by atoms with Crippen LogP contribution in [-0.4, -0.2) is 42.2 Å². The van der Waals surface area contributed by atoms with E-state index < -0.39 is 0 Å². The highest BCUT2D eigenvalue weighted by molar-refractivity contribution is 6.31. The molecule has 1 aromatic carbocycles. The van der Waals surface area contributed by atoms with E-state index in [1.807, 2.05) is 24.3 Å². The number of urea groups is 1. The lowest BCUT2D eigenvalue weighted by Gasteiger charge is -2.30. The van der Waals surface area contributed by atoms with Crippen molar-refractivity contribution in [3.63, 3.8) is 0 Å². The summed E-state index contributed by atoms with van der Waals surface area (Å²) in [4.78, 5) is 24.1. The van der Waals surface area contributed by atoms with Crippen LogP contribution in [0.25, 0.3) is 0 Å². The van der Waals surface area contributed by atoms with Crippen LogP contribution in [0.3, 0.4) is 0 Å². The average Bonchev–Trinajstić information content (AvgIpc) is 2.79. The molecular weight excluding hydrogens is 424 g/mol. The van der Waals surface area contributed by atoms with E-state index in [9.17, 15) is 4.79 Å². The van der Waals surface area contributed by atoms with Gasteiger partial charge in [-0.3, -0.25) is 0 Å². The molecule has 8 heteroatoms. The van der Waals surface area contributed by atoms with E-state index in [2.05, 4.69) is 34.9 Å². The molecule has 2 amide bonds. The molecule has 1 saturated carbocycles. The third-order valence-corrected chi connectivity index (χ3v) is 6.75. The molecule has 1 aromatic heterocycles. The zero-order valence-corrected chi connectivity index (χ0v) is 19.7. The first kappa shape index (κ1) is 22.6. The van der Waals surface area contributed by atoms with Gasteiger partial charge < -0.3 is 20.9 Å². The Morgan fingerprint density at radius 3 is 2.53 bits per heavy atom. The van der Waals surface area contributed by atoms with E-state index in [4.69, 9.17) is 21.6 Å². The Bertz CT molecular complexity index is 942. The highest BCUT2D eigenvalue weighted by Gasteiger charge is 2.24. The largest absolute Gasteiger partial charge is 0.362 e. The second kappa shape index (κ2) is 10.4. The second-order valence-corrected chi connectivity index (χ2v) is 9.42. The highest BCUT2D eigenvalue weighted by Crippen LogP contribution is 2.29. The van der Waals surface area contributed by atoms with Crippen LogP contribution < -0.4 is 20.9 Å². The Morgan fingerprint density at radius 1 is 1.06 bits per heavy atom. The van der Waals surface area contributed by atoms with Gasteiger partial charge in [0.05, 0.1) is 5.69 Å². The number of rotatable bonds is 6. The summed E-state index contributed by atoms with van der Waals surface area (Å²) in [7, 11) is 4.10. The van der Waals surface area contributed by atoms with Crippen LogP contribution in [-0.2, 0) is 19.4 Å². The molecule has 32 heavy (non-hydrogen) atoms. The lowest BCUT2D eigenvalue weighted by atomic mass is 9.91. The van der Waals surface area contributed by atoms with Crippen LogP contribution in [0.4, 0.5) is 16.6 Å². The van der Waals surface area contributed by atoms with Gasteiger partial charge >= 0.3 is 6.03 Å². The summed E-state index contributed by atoms with van der Waals surface area (Å²) >= 11 is 6.16. The van der Waals surface area contributed by atoms with Crippen molar-refractivity contribution < 1.29 is 4.79 Å². The van der Waals surface area contributed by atoms with Crippen LogP contribution >= 0.6 is 11.6 Å². The van der Waals surface area contributed by atoms with Crippen molar-refractivity contribution in [3.05, 3.63) is 46.1 Å². The fourth-order valence-corrected chi connectivity index (χ4v) is 4.83. The number of hydrogen-bond donors (Lipinski definition) is 3. The molecular formula is C24H33ClN6O. The molecule has 0 bridgehead atoms. The lowest BCUT2D eigenvalue weighted by Crippen LogP contribution is -2.44. The Morgan fingerprint density at radius 2 is 1.78 bits per heavy atom. The van der Waals surface area contributed by atoms with E-state index >= 15 is 0 Å². The topological polar surface area (TPSA) is 82.2 Å². The van der Waals surface area contributed by atoms with Crippen molar-refractivity contribution >= 4 is 29.4 Å². The van der Waals surface area contributed by atoms with Crippen LogP contribution in [0.15, 0.2) is 24.3 Å². The number of aromatic nitrogens is 2. The molecule has 2 aliphatic carbocycles. The summed E-state index contributed by atoms with van der Waals surface area (Å²) in [6, 6.07) is 7.92. The number of fused-ring (bicyclic) bond motifs is 1. The van der Waals surface area contributed by atoms with E-state index in [0.29, 0.717) is 17.6 Å². The first-order chi connectivity index (χ1) is 15.5. The zero-order chi connectivity index (χ0) is 22.5. The third-order valence-electron chi connectivity index (χ3n) is 6.38. The molecule has 0 spiro atoms. The second-order valence-electron chi connectivity index (χ2n) is 9.01. The predicted molar refractivity (Wildman–Crippen MR) is 129 cm³/mol. The van der Waals surface area contributed by atoms with Gasteiger partial charge in [-0.1, -0.05) is 29.8 Å². The van der Waals surface area contributed by atoms with Gasteiger partial charge in [0.1, 0.15) is 5.82 Å². The lowest BCUT2D eigenvalue weighted by molar-refractivity contribution is 0.231. The number of benzene rings is 1. The number of carbonyl (C=O) groups excluding carboxylic acids is 1. The Kier molecular flexibility index (Phi) is 7.35. The van der Waals surface area contributed by atoms with Gasteiger partial charge in [0.2, 0.25) is 5.95 Å². The van der Waals surface area contributed by atoms with Gasteiger partial charge in [0, 0.05) is 43.3 Å². The summed E-state index contributed by atoms with van der Waals surface area (Å²) in [6.45, 7) is 0.423. The summed E-state index contributed by atoms with van der Waals surface area (Å²) in [5, 5.41) is 10.2. The Labute approximate surface area is 195 Å². The fourth-order valence-electron chi connectivity index (χ4n) is 4.63. The first-order valence-electron chi connectivity index (χ1n) is 11.6. The monoisotopic (exact) mass is 456 g/mol. The fraction of sp³-hybridized carbons (Fsp3) is 0.542. The number of halogens is 1. The maximum absolute atomic E-state index is 12.3. The molecule has 172 valence electrons. The molecule has 0 atom stereocenters. The number of amides is 2. The first-order valence-corrected chi connectivity index (χ1v) is 12.0. The molecule has 2 aliphatic rings. The number of carbonyl (C=O) groups is 1. The number of anilines is 2. The van der Waals surface area contributed by atoms with Gasteiger partial charge in [0.25, 0.3) is 0 Å². The number of aryl methyl sites for hydroxylation is 1. The van der Waals surface area contributed by atoms with Crippen molar-refractivity contribution in [2.75, 3.05) is 24.3 Å². The Balaban J connectivity index is 1.26. The molecule has 0 saturated heterocycles. The summed E-state index contributed by atoms with van der Waals surface area (Å²) < 4.78 is 0. The van der Waals surface area contributed by atoms with E-state index in [1.165, 1.54) is 24.1 Å². The normalized spacial score (nSPS) is 20.2. The van der Waals surface area contributed by atoms with Crippen molar-refractivity contribution in [1.82, 2.24) is 20.6 Å². The van der Waals surface area contributed by atoms with Crippen molar-refractivity contribution in [3.8, 4) is 0 Å². The number of nitrogens with zero attached hydrogens (tertiary/aromatic N) is 3. The number of nitrogens with one attached hydrogen (secondary N) is 3. The zero-order valence-electron chi connectivity index (χ0n) is 19.0. The van der Waals surface area contributed by atoms with E-state index in [1.54, 1.807) is 0 Å². The average molecular weight is 457 g/mol. The SMILES string of the molecule is CN(C)c1nc(N[C@H]2CC[C@@H](NC(=O)NCc3ccccc3Cl)CC2)nc2c1CCCC2. The van der Waals surface area contributed by atoms with Gasteiger partial charge in [0.15, 0.2) is 0 Å². The summed E-state index contributed by atoms with van der Waals surface area (Å²) in [5.74, 6) is 1.78. The molecule has 0 radical (unpaired) electrons. The van der Waals surface area contributed by atoms with Gasteiger partial charge in [-0.15, -0.1) is 0 Å². The van der Waals surface area contributed by atoms with Crippen LogP contribution in [0.5, 0.6) is 0 Å². The van der Waals surface area contributed by atoms with Gasteiger partial charge in [-0.2, -0.15) is 4.98 Å². The van der Waals surface area contributed by atoms with Gasteiger partial charge in [-0.05, 0) is 63.0 Å².